The van der Waals surface area contributed by atoms with Gasteiger partial charge in [-0.05, 0) is 48.6 Å². The molecule has 28 heavy (non-hydrogen) atoms. The van der Waals surface area contributed by atoms with Crippen molar-refractivity contribution >= 4 is 34.9 Å². The first-order valence-electron chi connectivity index (χ1n) is 8.84. The van der Waals surface area contributed by atoms with Crippen LogP contribution >= 0.6 is 11.3 Å². The molecule has 2 aromatic rings. The molecule has 3 rings (SSSR count). The lowest BCUT2D eigenvalue weighted by molar-refractivity contribution is -0.117. The summed E-state index contributed by atoms with van der Waals surface area (Å²) in [6.45, 7) is 3.11. The number of rotatable bonds is 5. The number of ether oxygens (including phenoxy) is 2. The van der Waals surface area contributed by atoms with E-state index in [1.54, 1.807) is 11.3 Å². The molecule has 8 heteroatoms. The minimum atomic E-state index is -0.601. The summed E-state index contributed by atoms with van der Waals surface area (Å²) in [6.07, 6.45) is 0.926. The summed E-state index contributed by atoms with van der Waals surface area (Å²) < 4.78 is 9.43. The number of benzene rings is 1. The Hall–Kier alpha value is -2.71. The smallest absolute Gasteiger partial charge is 0.337 e. The molecule has 1 N–H and O–H groups in total. The van der Waals surface area contributed by atoms with Crippen LogP contribution in [-0.4, -0.2) is 50.1 Å². The number of fused-ring (bicyclic) bond motifs is 1. The quantitative estimate of drug-likeness (QED) is 0.774. The van der Waals surface area contributed by atoms with E-state index in [0.717, 1.165) is 13.0 Å². The van der Waals surface area contributed by atoms with Crippen LogP contribution < -0.4 is 5.32 Å². The highest BCUT2D eigenvalue weighted by molar-refractivity contribution is 7.10. The molecular formula is C20H22N2O5S. The summed E-state index contributed by atoms with van der Waals surface area (Å²) in [4.78, 5) is 39.8. The molecule has 2 heterocycles. The van der Waals surface area contributed by atoms with E-state index in [0.29, 0.717) is 5.69 Å². The molecular weight excluding hydrogens is 380 g/mol. The number of carbonyl (C=O) groups is 3. The average molecular weight is 402 g/mol. The van der Waals surface area contributed by atoms with Crippen LogP contribution in [0.1, 0.15) is 44.1 Å². The van der Waals surface area contributed by atoms with Crippen molar-refractivity contribution in [2.45, 2.75) is 19.4 Å². The Bertz CT molecular complexity index is 874. The van der Waals surface area contributed by atoms with Gasteiger partial charge in [0.25, 0.3) is 0 Å². The van der Waals surface area contributed by atoms with Crippen LogP contribution in [0.25, 0.3) is 0 Å². The van der Waals surface area contributed by atoms with Gasteiger partial charge in [0.2, 0.25) is 5.91 Å². The third-order valence-electron chi connectivity index (χ3n) is 4.81. The molecule has 1 atom stereocenters. The third kappa shape index (κ3) is 4.23. The summed E-state index contributed by atoms with van der Waals surface area (Å²) in [7, 11) is 2.50. The van der Waals surface area contributed by atoms with Crippen molar-refractivity contribution in [3.8, 4) is 0 Å². The fraction of sp³-hybridized carbons (Fsp3) is 0.350. The molecule has 1 aliphatic heterocycles. The second kappa shape index (κ2) is 8.53. The van der Waals surface area contributed by atoms with Crippen molar-refractivity contribution in [3.63, 3.8) is 0 Å². The average Bonchev–Trinajstić information content (AvgIpc) is 3.18. The highest BCUT2D eigenvalue weighted by atomic mass is 32.1. The number of anilines is 1. The number of thiophene rings is 1. The molecule has 0 radical (unpaired) electrons. The Morgan fingerprint density at radius 1 is 1.14 bits per heavy atom. The SMILES string of the molecule is COC(=O)c1cc(NC(=O)CN2CCc3sccc3[C@H]2C)cc(C(=O)OC)c1. The van der Waals surface area contributed by atoms with Crippen LogP contribution in [0.2, 0.25) is 0 Å². The first-order chi connectivity index (χ1) is 13.4. The molecule has 1 aliphatic rings. The highest BCUT2D eigenvalue weighted by Gasteiger charge is 2.26. The normalized spacial score (nSPS) is 16.2. The van der Waals surface area contributed by atoms with Crippen LogP contribution in [0.4, 0.5) is 5.69 Å². The lowest BCUT2D eigenvalue weighted by atomic mass is 10.0. The van der Waals surface area contributed by atoms with Crippen molar-refractivity contribution < 1.29 is 23.9 Å². The third-order valence-corrected chi connectivity index (χ3v) is 5.81. The Kier molecular flexibility index (Phi) is 6.11. The first kappa shape index (κ1) is 20.0. The number of carbonyl (C=O) groups excluding carboxylic acids is 3. The van der Waals surface area contributed by atoms with E-state index in [9.17, 15) is 14.4 Å². The Morgan fingerprint density at radius 3 is 2.39 bits per heavy atom. The minimum absolute atomic E-state index is 0.160. The number of esters is 2. The molecule has 0 spiro atoms. The second-order valence-electron chi connectivity index (χ2n) is 6.53. The predicted octanol–water partition coefficient (Wildman–Crippen LogP) is 2.88. The highest BCUT2D eigenvalue weighted by Crippen LogP contribution is 2.32. The number of nitrogens with one attached hydrogen (secondary N) is 1. The van der Waals surface area contributed by atoms with Gasteiger partial charge in [0.05, 0.1) is 31.9 Å². The molecule has 1 aromatic heterocycles. The molecule has 0 unspecified atom stereocenters. The summed E-state index contributed by atoms with van der Waals surface area (Å²) in [5, 5.41) is 4.85. The summed E-state index contributed by atoms with van der Waals surface area (Å²) >= 11 is 1.75. The van der Waals surface area contributed by atoms with Gasteiger partial charge in [-0.3, -0.25) is 9.69 Å². The Morgan fingerprint density at radius 2 is 1.79 bits per heavy atom. The van der Waals surface area contributed by atoms with Gasteiger partial charge in [0, 0.05) is 23.2 Å². The van der Waals surface area contributed by atoms with Gasteiger partial charge in [0.15, 0.2) is 0 Å². The van der Waals surface area contributed by atoms with E-state index in [-0.39, 0.29) is 29.6 Å². The van der Waals surface area contributed by atoms with Gasteiger partial charge in [0.1, 0.15) is 0 Å². The van der Waals surface area contributed by atoms with Gasteiger partial charge < -0.3 is 14.8 Å². The molecule has 0 fully saturated rings. The Labute approximate surface area is 167 Å². The molecule has 0 saturated carbocycles. The van der Waals surface area contributed by atoms with E-state index in [4.69, 9.17) is 9.47 Å². The molecule has 0 saturated heterocycles. The fourth-order valence-corrected chi connectivity index (χ4v) is 4.30. The lowest BCUT2D eigenvalue weighted by Crippen LogP contribution is -2.39. The van der Waals surface area contributed by atoms with Crippen molar-refractivity contribution in [1.29, 1.82) is 0 Å². The Balaban J connectivity index is 1.74. The van der Waals surface area contributed by atoms with Crippen LogP contribution in [0.3, 0.4) is 0 Å². The van der Waals surface area contributed by atoms with Gasteiger partial charge in [-0.25, -0.2) is 9.59 Å². The predicted molar refractivity (Wildman–Crippen MR) is 106 cm³/mol. The second-order valence-corrected chi connectivity index (χ2v) is 7.53. The van der Waals surface area contributed by atoms with Crippen molar-refractivity contribution in [2.75, 3.05) is 32.6 Å². The van der Waals surface area contributed by atoms with Crippen LogP contribution in [-0.2, 0) is 20.7 Å². The van der Waals surface area contributed by atoms with E-state index in [1.807, 2.05) is 0 Å². The maximum absolute atomic E-state index is 12.6. The van der Waals surface area contributed by atoms with E-state index in [2.05, 4.69) is 28.6 Å². The van der Waals surface area contributed by atoms with Crippen LogP contribution in [0, 0.1) is 0 Å². The zero-order valence-corrected chi connectivity index (χ0v) is 16.8. The number of hydrogen-bond donors (Lipinski definition) is 1. The summed E-state index contributed by atoms with van der Waals surface area (Å²) in [5.74, 6) is -1.42. The minimum Gasteiger partial charge on any atom is -0.465 e. The summed E-state index contributed by atoms with van der Waals surface area (Å²) in [6, 6.07) is 6.60. The van der Waals surface area contributed by atoms with Crippen molar-refractivity contribution in [2.24, 2.45) is 0 Å². The fourth-order valence-electron chi connectivity index (χ4n) is 3.33. The number of amides is 1. The monoisotopic (exact) mass is 402 g/mol. The maximum Gasteiger partial charge on any atom is 0.337 e. The lowest BCUT2D eigenvalue weighted by Gasteiger charge is -2.32. The largest absolute Gasteiger partial charge is 0.465 e. The zero-order valence-electron chi connectivity index (χ0n) is 16.0. The van der Waals surface area contributed by atoms with Gasteiger partial charge in [-0.1, -0.05) is 0 Å². The first-order valence-corrected chi connectivity index (χ1v) is 9.72. The zero-order chi connectivity index (χ0) is 20.3. The van der Waals surface area contributed by atoms with Crippen molar-refractivity contribution in [1.82, 2.24) is 4.90 Å². The van der Waals surface area contributed by atoms with Crippen molar-refractivity contribution in [3.05, 3.63) is 51.2 Å². The number of methoxy groups -OCH3 is 2. The number of hydrogen-bond acceptors (Lipinski definition) is 7. The maximum atomic E-state index is 12.6. The van der Waals surface area contributed by atoms with Gasteiger partial charge in [-0.2, -0.15) is 0 Å². The standard InChI is InChI=1S/C20H22N2O5S/c1-12-16-5-7-28-17(16)4-6-22(12)11-18(23)21-15-9-13(19(24)26-2)8-14(10-15)20(25)27-3/h5,7-10,12H,4,6,11H2,1-3H3,(H,21,23)/t12-/m1/s1. The molecule has 1 aromatic carbocycles. The number of nitrogens with zero attached hydrogens (tertiary/aromatic N) is 1. The van der Waals surface area contributed by atoms with Gasteiger partial charge in [-0.15, -0.1) is 11.3 Å². The van der Waals surface area contributed by atoms with Crippen LogP contribution in [0.5, 0.6) is 0 Å². The molecule has 7 nitrogen and oxygen atoms in total. The topological polar surface area (TPSA) is 84.9 Å². The summed E-state index contributed by atoms with van der Waals surface area (Å²) in [5.41, 5.74) is 1.93. The van der Waals surface area contributed by atoms with Crippen LogP contribution in [0.15, 0.2) is 29.6 Å². The molecule has 0 bridgehead atoms. The van der Waals surface area contributed by atoms with E-state index in [1.165, 1.54) is 42.9 Å². The van der Waals surface area contributed by atoms with E-state index >= 15 is 0 Å². The molecule has 148 valence electrons. The van der Waals surface area contributed by atoms with E-state index < -0.39 is 11.9 Å². The molecule has 1 amide bonds. The van der Waals surface area contributed by atoms with Gasteiger partial charge >= 0.3 is 11.9 Å². The molecule has 0 aliphatic carbocycles.